The molecule has 0 fully saturated rings. The van der Waals surface area contributed by atoms with Crippen molar-refractivity contribution >= 4 is 11.0 Å². The van der Waals surface area contributed by atoms with Gasteiger partial charge in [0.15, 0.2) is 5.82 Å². The van der Waals surface area contributed by atoms with E-state index in [0.29, 0.717) is 18.0 Å². The van der Waals surface area contributed by atoms with E-state index in [1.54, 1.807) is 6.07 Å². The number of aromatic nitrogens is 2. The maximum Gasteiger partial charge on any atom is 0.151 e. The lowest BCUT2D eigenvalue weighted by atomic mass is 10.2. The molecule has 2 aromatic rings. The van der Waals surface area contributed by atoms with E-state index < -0.39 is 0 Å². The molecular weight excluding hydrogens is 229 g/mol. The van der Waals surface area contributed by atoms with Gasteiger partial charge in [0.25, 0.3) is 0 Å². The Kier molecular flexibility index (Phi) is 3.97. The molecule has 0 spiro atoms. The number of para-hydroxylation sites is 1. The van der Waals surface area contributed by atoms with Crippen molar-refractivity contribution in [1.82, 2.24) is 14.9 Å². The molecule has 0 atom stereocenters. The molecule has 0 aliphatic rings. The maximum atomic E-state index is 13.7. The molecule has 4 heteroatoms. The zero-order chi connectivity index (χ0) is 13.1. The van der Waals surface area contributed by atoms with Gasteiger partial charge in [-0.3, -0.25) is 0 Å². The van der Waals surface area contributed by atoms with E-state index in [1.807, 2.05) is 6.07 Å². The number of fused-ring (bicyclic) bond motifs is 1. The highest BCUT2D eigenvalue weighted by Crippen LogP contribution is 2.19. The van der Waals surface area contributed by atoms with Crippen molar-refractivity contribution in [3.8, 4) is 0 Å². The Bertz CT molecular complexity index is 531. The molecule has 2 rings (SSSR count). The molecule has 0 aliphatic carbocycles. The highest BCUT2D eigenvalue weighted by Gasteiger charge is 2.12. The lowest BCUT2D eigenvalue weighted by molar-refractivity contribution is 0.533. The smallest absolute Gasteiger partial charge is 0.151 e. The molecule has 0 radical (unpaired) electrons. The number of hydrogen-bond donors (Lipinski definition) is 1. The third kappa shape index (κ3) is 2.53. The topological polar surface area (TPSA) is 29.9 Å². The number of rotatable bonds is 5. The van der Waals surface area contributed by atoms with Crippen molar-refractivity contribution in [1.29, 1.82) is 0 Å². The molecule has 1 heterocycles. The average Bonchev–Trinajstić information content (AvgIpc) is 2.68. The molecule has 0 bridgehead atoms. The van der Waals surface area contributed by atoms with Gasteiger partial charge in [-0.2, -0.15) is 0 Å². The summed E-state index contributed by atoms with van der Waals surface area (Å²) in [5.74, 6) is 1.25. The first-order valence-corrected chi connectivity index (χ1v) is 6.47. The van der Waals surface area contributed by atoms with Crippen LogP contribution in [-0.4, -0.2) is 16.1 Å². The van der Waals surface area contributed by atoms with E-state index in [4.69, 9.17) is 0 Å². The minimum atomic E-state index is -0.246. The Hall–Kier alpha value is -1.42. The standard InChI is InChI=1S/C14H20FN3/c1-4-18-12-7-5-6-11(15)14(12)17-13(18)9-16-8-10(2)3/h5-7,10,16H,4,8-9H2,1-3H3. The lowest BCUT2D eigenvalue weighted by Gasteiger charge is -2.09. The van der Waals surface area contributed by atoms with Gasteiger partial charge in [0.05, 0.1) is 12.1 Å². The molecule has 0 saturated carbocycles. The first-order chi connectivity index (χ1) is 8.63. The van der Waals surface area contributed by atoms with Crippen LogP contribution in [0.2, 0.25) is 0 Å². The molecule has 1 aromatic carbocycles. The van der Waals surface area contributed by atoms with Gasteiger partial charge < -0.3 is 9.88 Å². The first-order valence-electron chi connectivity index (χ1n) is 6.47. The van der Waals surface area contributed by atoms with Gasteiger partial charge >= 0.3 is 0 Å². The molecule has 0 amide bonds. The Balaban J connectivity index is 2.29. The zero-order valence-corrected chi connectivity index (χ0v) is 11.2. The fraction of sp³-hybridized carbons (Fsp3) is 0.500. The van der Waals surface area contributed by atoms with E-state index in [1.165, 1.54) is 6.07 Å². The summed E-state index contributed by atoms with van der Waals surface area (Å²) >= 11 is 0. The van der Waals surface area contributed by atoms with Crippen LogP contribution < -0.4 is 5.32 Å². The summed E-state index contributed by atoms with van der Waals surface area (Å²) in [7, 11) is 0. The molecule has 0 unspecified atom stereocenters. The van der Waals surface area contributed by atoms with E-state index in [0.717, 1.165) is 24.4 Å². The predicted octanol–water partition coefficient (Wildman–Crippen LogP) is 2.94. The van der Waals surface area contributed by atoms with Crippen molar-refractivity contribution in [3.05, 3.63) is 29.8 Å². The summed E-state index contributed by atoms with van der Waals surface area (Å²) in [5, 5.41) is 3.35. The zero-order valence-electron chi connectivity index (χ0n) is 11.2. The number of benzene rings is 1. The van der Waals surface area contributed by atoms with Crippen molar-refractivity contribution < 1.29 is 4.39 Å². The van der Waals surface area contributed by atoms with Gasteiger partial charge in [0.2, 0.25) is 0 Å². The summed E-state index contributed by atoms with van der Waals surface area (Å²) < 4.78 is 15.7. The minimum absolute atomic E-state index is 0.246. The van der Waals surface area contributed by atoms with E-state index in [2.05, 4.69) is 35.6 Å². The molecular formula is C14H20FN3. The number of nitrogens with zero attached hydrogens (tertiary/aromatic N) is 2. The van der Waals surface area contributed by atoms with Crippen LogP contribution in [0.3, 0.4) is 0 Å². The van der Waals surface area contributed by atoms with Crippen LogP contribution in [-0.2, 0) is 13.1 Å². The second-order valence-corrected chi connectivity index (χ2v) is 4.90. The van der Waals surface area contributed by atoms with Gasteiger partial charge in [-0.1, -0.05) is 19.9 Å². The third-order valence-corrected chi connectivity index (χ3v) is 2.96. The number of nitrogens with one attached hydrogen (secondary N) is 1. The Morgan fingerprint density at radius 2 is 2.17 bits per heavy atom. The molecule has 3 nitrogen and oxygen atoms in total. The monoisotopic (exact) mass is 249 g/mol. The number of hydrogen-bond acceptors (Lipinski definition) is 2. The quantitative estimate of drug-likeness (QED) is 0.883. The highest BCUT2D eigenvalue weighted by molar-refractivity contribution is 5.76. The largest absolute Gasteiger partial charge is 0.327 e. The third-order valence-electron chi connectivity index (χ3n) is 2.96. The van der Waals surface area contributed by atoms with Crippen molar-refractivity contribution in [2.45, 2.75) is 33.9 Å². The van der Waals surface area contributed by atoms with Crippen LogP contribution in [0.5, 0.6) is 0 Å². The fourth-order valence-corrected chi connectivity index (χ4v) is 2.12. The maximum absolute atomic E-state index is 13.7. The Morgan fingerprint density at radius 1 is 1.39 bits per heavy atom. The van der Waals surface area contributed by atoms with Crippen LogP contribution in [0.25, 0.3) is 11.0 Å². The molecule has 1 N–H and O–H groups in total. The SMILES string of the molecule is CCn1c(CNCC(C)C)nc2c(F)cccc21. The van der Waals surface area contributed by atoms with Crippen LogP contribution in [0.4, 0.5) is 4.39 Å². The number of imidazole rings is 1. The molecule has 1 aromatic heterocycles. The molecule has 0 aliphatic heterocycles. The summed E-state index contributed by atoms with van der Waals surface area (Å²) in [5.41, 5.74) is 1.35. The van der Waals surface area contributed by atoms with E-state index in [9.17, 15) is 4.39 Å². The van der Waals surface area contributed by atoms with Gasteiger partial charge in [0, 0.05) is 6.54 Å². The van der Waals surface area contributed by atoms with Crippen LogP contribution in [0.15, 0.2) is 18.2 Å². The Morgan fingerprint density at radius 3 is 2.83 bits per heavy atom. The van der Waals surface area contributed by atoms with Crippen LogP contribution in [0.1, 0.15) is 26.6 Å². The minimum Gasteiger partial charge on any atom is -0.327 e. The summed E-state index contributed by atoms with van der Waals surface area (Å²) in [6.07, 6.45) is 0. The predicted molar refractivity (Wildman–Crippen MR) is 71.9 cm³/mol. The second kappa shape index (κ2) is 5.48. The Labute approximate surface area is 107 Å². The number of halogens is 1. The van der Waals surface area contributed by atoms with Gasteiger partial charge in [-0.25, -0.2) is 9.37 Å². The van der Waals surface area contributed by atoms with Crippen molar-refractivity contribution in [2.24, 2.45) is 5.92 Å². The molecule has 18 heavy (non-hydrogen) atoms. The fourth-order valence-electron chi connectivity index (χ4n) is 2.12. The van der Waals surface area contributed by atoms with Crippen molar-refractivity contribution in [3.63, 3.8) is 0 Å². The summed E-state index contributed by atoms with van der Waals surface area (Å²) in [6, 6.07) is 5.11. The van der Waals surface area contributed by atoms with E-state index >= 15 is 0 Å². The van der Waals surface area contributed by atoms with Gasteiger partial charge in [-0.15, -0.1) is 0 Å². The van der Waals surface area contributed by atoms with Gasteiger partial charge in [-0.05, 0) is 31.5 Å². The average molecular weight is 249 g/mol. The van der Waals surface area contributed by atoms with Crippen LogP contribution >= 0.6 is 0 Å². The van der Waals surface area contributed by atoms with E-state index in [-0.39, 0.29) is 5.82 Å². The first kappa shape index (κ1) is 13.0. The van der Waals surface area contributed by atoms with Crippen molar-refractivity contribution in [2.75, 3.05) is 6.54 Å². The molecule has 0 saturated heterocycles. The highest BCUT2D eigenvalue weighted by atomic mass is 19.1. The normalized spacial score (nSPS) is 11.6. The summed E-state index contributed by atoms with van der Waals surface area (Å²) in [4.78, 5) is 4.41. The lowest BCUT2D eigenvalue weighted by Crippen LogP contribution is -2.21. The van der Waals surface area contributed by atoms with Crippen LogP contribution in [0, 0.1) is 11.7 Å². The van der Waals surface area contributed by atoms with Gasteiger partial charge in [0.1, 0.15) is 11.3 Å². The summed E-state index contributed by atoms with van der Waals surface area (Å²) in [6.45, 7) is 8.80. The number of aryl methyl sites for hydroxylation is 1. The second-order valence-electron chi connectivity index (χ2n) is 4.90. The molecule has 98 valence electrons.